The molecule has 1 heterocycles. The summed E-state index contributed by atoms with van der Waals surface area (Å²) in [5.41, 5.74) is 9.81. The van der Waals surface area contributed by atoms with Crippen LogP contribution in [-0.4, -0.2) is 16.3 Å². The fourth-order valence-corrected chi connectivity index (χ4v) is 2.67. The van der Waals surface area contributed by atoms with Gasteiger partial charge < -0.3 is 10.5 Å². The summed E-state index contributed by atoms with van der Waals surface area (Å²) >= 11 is 6.34. The lowest BCUT2D eigenvalue weighted by Crippen LogP contribution is -2.07. The van der Waals surface area contributed by atoms with Gasteiger partial charge in [0, 0.05) is 7.05 Å². The summed E-state index contributed by atoms with van der Waals surface area (Å²) < 4.78 is 7.74. The van der Waals surface area contributed by atoms with Crippen LogP contribution in [0.15, 0.2) is 18.2 Å². The van der Waals surface area contributed by atoms with E-state index in [4.69, 9.17) is 22.1 Å². The molecule has 0 saturated heterocycles. The highest BCUT2D eigenvalue weighted by atomic mass is 35.5. The first-order chi connectivity index (χ1) is 10.1. The van der Waals surface area contributed by atoms with Crippen molar-refractivity contribution in [1.29, 1.82) is 0 Å². The van der Waals surface area contributed by atoms with Crippen molar-refractivity contribution in [3.63, 3.8) is 0 Å². The highest BCUT2D eigenvalue weighted by Crippen LogP contribution is 2.25. The van der Waals surface area contributed by atoms with E-state index in [-0.39, 0.29) is 0 Å². The molecular weight excluding hydrogens is 286 g/mol. The molecule has 0 bridgehead atoms. The molecule has 0 radical (unpaired) electrons. The van der Waals surface area contributed by atoms with E-state index in [1.54, 1.807) is 4.68 Å². The van der Waals surface area contributed by atoms with Crippen LogP contribution < -0.4 is 10.5 Å². The minimum atomic E-state index is 0.406. The molecule has 0 aliphatic rings. The van der Waals surface area contributed by atoms with Crippen LogP contribution in [0.4, 0.5) is 0 Å². The molecule has 114 valence electrons. The first-order valence-corrected chi connectivity index (χ1v) is 7.57. The zero-order valence-corrected chi connectivity index (χ0v) is 13.6. The number of aromatic nitrogens is 2. The normalized spacial score (nSPS) is 10.9. The molecule has 2 rings (SSSR count). The van der Waals surface area contributed by atoms with Gasteiger partial charge in [-0.2, -0.15) is 5.10 Å². The van der Waals surface area contributed by atoms with Crippen molar-refractivity contribution in [3.05, 3.63) is 45.7 Å². The molecule has 5 heteroatoms. The Hall–Kier alpha value is -1.52. The summed E-state index contributed by atoms with van der Waals surface area (Å²) in [6.07, 6.45) is 1.62. The molecule has 0 saturated carbocycles. The number of benzene rings is 1. The SMILES string of the molecule is CCc1nn(C)c(COc2ccc(C)cc2CCN)c1Cl. The minimum absolute atomic E-state index is 0.406. The maximum Gasteiger partial charge on any atom is 0.131 e. The Morgan fingerprint density at radius 2 is 2.14 bits per heavy atom. The van der Waals surface area contributed by atoms with Crippen molar-refractivity contribution in [2.45, 2.75) is 33.3 Å². The number of nitrogens with two attached hydrogens (primary N) is 1. The number of aryl methyl sites for hydroxylation is 3. The Kier molecular flexibility index (Phi) is 5.26. The third-order valence-electron chi connectivity index (χ3n) is 3.50. The number of rotatable bonds is 6. The molecule has 0 atom stereocenters. The quantitative estimate of drug-likeness (QED) is 0.892. The lowest BCUT2D eigenvalue weighted by molar-refractivity contribution is 0.292. The topological polar surface area (TPSA) is 53.1 Å². The summed E-state index contributed by atoms with van der Waals surface area (Å²) in [6, 6.07) is 6.15. The second-order valence-corrected chi connectivity index (χ2v) is 5.50. The predicted octanol–water partition coefficient (Wildman–Crippen LogP) is 3.02. The van der Waals surface area contributed by atoms with Gasteiger partial charge >= 0.3 is 0 Å². The lowest BCUT2D eigenvalue weighted by atomic mass is 10.1. The monoisotopic (exact) mass is 307 g/mol. The van der Waals surface area contributed by atoms with Gasteiger partial charge in [-0.1, -0.05) is 36.2 Å². The van der Waals surface area contributed by atoms with Crippen molar-refractivity contribution in [2.75, 3.05) is 6.54 Å². The fourth-order valence-electron chi connectivity index (χ4n) is 2.32. The van der Waals surface area contributed by atoms with E-state index in [2.05, 4.69) is 18.1 Å². The van der Waals surface area contributed by atoms with E-state index in [1.165, 1.54) is 5.56 Å². The van der Waals surface area contributed by atoms with E-state index in [1.807, 2.05) is 26.1 Å². The van der Waals surface area contributed by atoms with Crippen LogP contribution in [0.1, 0.15) is 29.4 Å². The van der Waals surface area contributed by atoms with Gasteiger partial charge in [0.2, 0.25) is 0 Å². The van der Waals surface area contributed by atoms with Gasteiger partial charge in [-0.15, -0.1) is 0 Å². The maximum atomic E-state index is 6.34. The van der Waals surface area contributed by atoms with Crippen LogP contribution >= 0.6 is 11.6 Å². The van der Waals surface area contributed by atoms with Gasteiger partial charge in [-0.3, -0.25) is 4.68 Å². The van der Waals surface area contributed by atoms with Gasteiger partial charge in [0.15, 0.2) is 0 Å². The number of ether oxygens (including phenoxy) is 1. The summed E-state index contributed by atoms with van der Waals surface area (Å²) in [5.74, 6) is 0.862. The van der Waals surface area contributed by atoms with Crippen LogP contribution in [0, 0.1) is 6.92 Å². The van der Waals surface area contributed by atoms with E-state index in [9.17, 15) is 0 Å². The molecule has 1 aromatic heterocycles. The van der Waals surface area contributed by atoms with Gasteiger partial charge in [0.05, 0.1) is 16.4 Å². The summed E-state index contributed by atoms with van der Waals surface area (Å²) in [6.45, 7) is 5.11. The number of nitrogens with zero attached hydrogens (tertiary/aromatic N) is 2. The number of halogens is 1. The van der Waals surface area contributed by atoms with Crippen LogP contribution in [0.3, 0.4) is 0 Å². The number of hydrogen-bond acceptors (Lipinski definition) is 3. The van der Waals surface area contributed by atoms with E-state index in [0.29, 0.717) is 18.2 Å². The molecule has 1 aromatic carbocycles. The van der Waals surface area contributed by atoms with Gasteiger partial charge in [-0.05, 0) is 37.9 Å². The van der Waals surface area contributed by atoms with E-state index in [0.717, 1.165) is 35.5 Å². The lowest BCUT2D eigenvalue weighted by Gasteiger charge is -2.12. The molecule has 0 spiro atoms. The molecule has 4 nitrogen and oxygen atoms in total. The largest absolute Gasteiger partial charge is 0.487 e. The minimum Gasteiger partial charge on any atom is -0.487 e. The third kappa shape index (κ3) is 3.57. The summed E-state index contributed by atoms with van der Waals surface area (Å²) in [4.78, 5) is 0. The highest BCUT2D eigenvalue weighted by molar-refractivity contribution is 6.31. The van der Waals surface area contributed by atoms with Crippen LogP contribution in [0.25, 0.3) is 0 Å². The molecular formula is C16H22ClN3O. The maximum absolute atomic E-state index is 6.34. The molecule has 0 fully saturated rings. The smallest absolute Gasteiger partial charge is 0.131 e. The zero-order chi connectivity index (χ0) is 15.4. The van der Waals surface area contributed by atoms with Gasteiger partial charge in [0.25, 0.3) is 0 Å². The zero-order valence-electron chi connectivity index (χ0n) is 12.8. The van der Waals surface area contributed by atoms with Gasteiger partial charge in [0.1, 0.15) is 12.4 Å². The molecule has 0 aliphatic heterocycles. The highest BCUT2D eigenvalue weighted by Gasteiger charge is 2.14. The van der Waals surface area contributed by atoms with Crippen LogP contribution in [0.2, 0.25) is 5.02 Å². The average Bonchev–Trinajstić information content (AvgIpc) is 2.73. The Balaban J connectivity index is 2.18. The molecule has 2 aromatic rings. The summed E-state index contributed by atoms with van der Waals surface area (Å²) in [7, 11) is 1.89. The number of hydrogen-bond donors (Lipinski definition) is 1. The third-order valence-corrected chi connectivity index (χ3v) is 3.93. The Morgan fingerprint density at radius 3 is 2.76 bits per heavy atom. The fraction of sp³-hybridized carbons (Fsp3) is 0.438. The van der Waals surface area contributed by atoms with Crippen molar-refractivity contribution in [3.8, 4) is 5.75 Å². The molecule has 2 N–H and O–H groups in total. The molecule has 0 amide bonds. The van der Waals surface area contributed by atoms with Gasteiger partial charge in [-0.25, -0.2) is 0 Å². The average molecular weight is 308 g/mol. The van der Waals surface area contributed by atoms with E-state index >= 15 is 0 Å². The van der Waals surface area contributed by atoms with Crippen molar-refractivity contribution in [1.82, 2.24) is 9.78 Å². The standard InChI is InChI=1S/C16H22ClN3O/c1-4-13-16(17)14(20(3)19-13)10-21-15-6-5-11(2)9-12(15)7-8-18/h5-6,9H,4,7-8,10,18H2,1-3H3. The van der Waals surface area contributed by atoms with Crippen molar-refractivity contribution < 1.29 is 4.74 Å². The first-order valence-electron chi connectivity index (χ1n) is 7.19. The Bertz CT molecular complexity index is 622. The molecule has 0 aliphatic carbocycles. The van der Waals surface area contributed by atoms with Crippen LogP contribution in [0.5, 0.6) is 5.75 Å². The predicted molar refractivity (Wildman–Crippen MR) is 85.9 cm³/mol. The van der Waals surface area contributed by atoms with Crippen molar-refractivity contribution in [2.24, 2.45) is 12.8 Å². The van der Waals surface area contributed by atoms with Crippen LogP contribution in [-0.2, 0) is 26.5 Å². The molecule has 21 heavy (non-hydrogen) atoms. The Morgan fingerprint density at radius 1 is 1.38 bits per heavy atom. The first kappa shape index (κ1) is 15.9. The second-order valence-electron chi connectivity index (χ2n) is 5.12. The molecule has 0 unspecified atom stereocenters. The second kappa shape index (κ2) is 6.96. The van der Waals surface area contributed by atoms with E-state index < -0.39 is 0 Å². The Labute approximate surface area is 130 Å². The summed E-state index contributed by atoms with van der Waals surface area (Å²) in [5, 5.41) is 5.10. The van der Waals surface area contributed by atoms with Crippen molar-refractivity contribution >= 4 is 11.6 Å².